The van der Waals surface area contributed by atoms with E-state index in [-0.39, 0.29) is 0 Å². The molecule has 1 aromatic rings. The molecule has 11 heavy (non-hydrogen) atoms. The molecule has 0 fully saturated rings. The van der Waals surface area contributed by atoms with E-state index in [1.807, 2.05) is 14.0 Å². The maximum absolute atomic E-state index is 5.28. The standard InChI is InChI=1S/C7H12N2O2/c1-6(8-2)4-10-7-3-9-11-5-7/h3,5-6,8H,4H2,1-2H3. The van der Waals surface area contributed by atoms with Gasteiger partial charge in [-0.25, -0.2) is 0 Å². The van der Waals surface area contributed by atoms with Gasteiger partial charge in [0.1, 0.15) is 12.8 Å². The van der Waals surface area contributed by atoms with E-state index in [1.54, 1.807) is 6.20 Å². The number of hydrogen-bond acceptors (Lipinski definition) is 4. The molecule has 0 bridgehead atoms. The zero-order chi connectivity index (χ0) is 8.10. The van der Waals surface area contributed by atoms with Crippen molar-refractivity contribution >= 4 is 0 Å². The molecule has 0 aromatic carbocycles. The van der Waals surface area contributed by atoms with Crippen molar-refractivity contribution in [2.24, 2.45) is 0 Å². The minimum atomic E-state index is 0.338. The molecule has 1 rings (SSSR count). The molecule has 0 saturated heterocycles. The Morgan fingerprint density at radius 3 is 3.18 bits per heavy atom. The van der Waals surface area contributed by atoms with Gasteiger partial charge in [0.25, 0.3) is 0 Å². The first kappa shape index (κ1) is 8.07. The molecule has 0 radical (unpaired) electrons. The Bertz CT molecular complexity index is 186. The topological polar surface area (TPSA) is 47.3 Å². The summed E-state index contributed by atoms with van der Waals surface area (Å²) in [6.07, 6.45) is 3.02. The fourth-order valence-electron chi connectivity index (χ4n) is 0.571. The van der Waals surface area contributed by atoms with E-state index in [0.717, 1.165) is 0 Å². The number of hydrogen-bond donors (Lipinski definition) is 1. The van der Waals surface area contributed by atoms with Gasteiger partial charge in [-0.2, -0.15) is 0 Å². The Balaban J connectivity index is 2.23. The van der Waals surface area contributed by atoms with Crippen LogP contribution in [0, 0.1) is 0 Å². The van der Waals surface area contributed by atoms with Gasteiger partial charge in [-0.15, -0.1) is 0 Å². The lowest BCUT2D eigenvalue weighted by atomic mass is 10.4. The quantitative estimate of drug-likeness (QED) is 0.695. The number of likely N-dealkylation sites (N-methyl/N-ethyl adjacent to an activating group) is 1. The van der Waals surface area contributed by atoms with Crippen LogP contribution in [0.5, 0.6) is 5.75 Å². The molecule has 0 aliphatic rings. The van der Waals surface area contributed by atoms with Gasteiger partial charge in [-0.1, -0.05) is 5.16 Å². The van der Waals surface area contributed by atoms with Gasteiger partial charge in [-0.05, 0) is 14.0 Å². The van der Waals surface area contributed by atoms with Crippen molar-refractivity contribution in [1.29, 1.82) is 0 Å². The highest BCUT2D eigenvalue weighted by atomic mass is 16.5. The Kier molecular flexibility index (Phi) is 2.92. The second kappa shape index (κ2) is 3.98. The second-order valence-electron chi connectivity index (χ2n) is 2.36. The van der Waals surface area contributed by atoms with Crippen LogP contribution in [0.15, 0.2) is 17.0 Å². The molecular formula is C7H12N2O2. The van der Waals surface area contributed by atoms with E-state index in [0.29, 0.717) is 18.4 Å². The van der Waals surface area contributed by atoms with Crippen LogP contribution in [0.1, 0.15) is 6.92 Å². The SMILES string of the molecule is CNC(C)COc1cnoc1. The summed E-state index contributed by atoms with van der Waals surface area (Å²) < 4.78 is 9.86. The minimum absolute atomic E-state index is 0.338. The smallest absolute Gasteiger partial charge is 0.178 e. The summed E-state index contributed by atoms with van der Waals surface area (Å²) in [5.41, 5.74) is 0. The summed E-state index contributed by atoms with van der Waals surface area (Å²) in [6, 6.07) is 0.338. The molecular weight excluding hydrogens is 144 g/mol. The first-order chi connectivity index (χ1) is 5.33. The van der Waals surface area contributed by atoms with E-state index in [1.165, 1.54) is 6.26 Å². The molecule has 1 aromatic heterocycles. The van der Waals surface area contributed by atoms with Gasteiger partial charge >= 0.3 is 0 Å². The number of aromatic nitrogens is 1. The minimum Gasteiger partial charge on any atom is -0.487 e. The monoisotopic (exact) mass is 156 g/mol. The van der Waals surface area contributed by atoms with Crippen molar-refractivity contribution in [3.05, 3.63) is 12.5 Å². The highest BCUT2D eigenvalue weighted by molar-refractivity contribution is 5.07. The largest absolute Gasteiger partial charge is 0.487 e. The Hall–Kier alpha value is -1.03. The number of ether oxygens (including phenoxy) is 1. The molecule has 1 atom stereocenters. The van der Waals surface area contributed by atoms with Crippen molar-refractivity contribution in [1.82, 2.24) is 10.5 Å². The van der Waals surface area contributed by atoms with Crippen molar-refractivity contribution in [3.8, 4) is 5.75 Å². The maximum Gasteiger partial charge on any atom is 0.178 e. The first-order valence-electron chi connectivity index (χ1n) is 3.52. The third-order valence-electron chi connectivity index (χ3n) is 1.40. The van der Waals surface area contributed by atoms with E-state index in [2.05, 4.69) is 15.0 Å². The Morgan fingerprint density at radius 1 is 1.82 bits per heavy atom. The third kappa shape index (κ3) is 2.59. The summed E-state index contributed by atoms with van der Waals surface area (Å²) >= 11 is 0. The van der Waals surface area contributed by atoms with Crippen LogP contribution in [0.2, 0.25) is 0 Å². The van der Waals surface area contributed by atoms with Crippen LogP contribution in [-0.2, 0) is 0 Å². The van der Waals surface area contributed by atoms with Gasteiger partial charge in [-0.3, -0.25) is 0 Å². The van der Waals surface area contributed by atoms with Gasteiger partial charge in [0.15, 0.2) is 12.0 Å². The summed E-state index contributed by atoms with van der Waals surface area (Å²) in [5.74, 6) is 0.673. The first-order valence-corrected chi connectivity index (χ1v) is 3.52. The van der Waals surface area contributed by atoms with Crippen LogP contribution in [0.4, 0.5) is 0 Å². The second-order valence-corrected chi connectivity index (χ2v) is 2.36. The molecule has 0 saturated carbocycles. The normalized spacial score (nSPS) is 12.9. The molecule has 1 unspecified atom stereocenters. The molecule has 4 heteroatoms. The van der Waals surface area contributed by atoms with Gasteiger partial charge in [0.05, 0.1) is 0 Å². The van der Waals surface area contributed by atoms with E-state index >= 15 is 0 Å². The number of nitrogens with one attached hydrogen (secondary N) is 1. The summed E-state index contributed by atoms with van der Waals surface area (Å²) in [4.78, 5) is 0. The lowest BCUT2D eigenvalue weighted by molar-refractivity contribution is 0.277. The van der Waals surface area contributed by atoms with Crippen molar-refractivity contribution in [2.75, 3.05) is 13.7 Å². The Morgan fingerprint density at radius 2 is 2.64 bits per heavy atom. The van der Waals surface area contributed by atoms with Gasteiger partial charge in [0.2, 0.25) is 0 Å². The third-order valence-corrected chi connectivity index (χ3v) is 1.40. The fourth-order valence-corrected chi connectivity index (χ4v) is 0.571. The van der Waals surface area contributed by atoms with Gasteiger partial charge in [0, 0.05) is 6.04 Å². The molecule has 0 spiro atoms. The number of nitrogens with zero attached hydrogens (tertiary/aromatic N) is 1. The summed E-state index contributed by atoms with van der Waals surface area (Å²) in [7, 11) is 1.89. The molecule has 0 amide bonds. The van der Waals surface area contributed by atoms with Crippen LogP contribution < -0.4 is 10.1 Å². The summed E-state index contributed by atoms with van der Waals surface area (Å²) in [6.45, 7) is 2.66. The highest BCUT2D eigenvalue weighted by Crippen LogP contribution is 2.06. The zero-order valence-corrected chi connectivity index (χ0v) is 6.70. The average molecular weight is 156 g/mol. The van der Waals surface area contributed by atoms with Crippen molar-refractivity contribution in [3.63, 3.8) is 0 Å². The van der Waals surface area contributed by atoms with E-state index < -0.39 is 0 Å². The average Bonchev–Trinajstić information content (AvgIpc) is 2.52. The summed E-state index contributed by atoms with van der Waals surface area (Å²) in [5, 5.41) is 6.56. The molecule has 1 heterocycles. The van der Waals surface area contributed by atoms with E-state index in [4.69, 9.17) is 4.74 Å². The maximum atomic E-state index is 5.28. The predicted octanol–water partition coefficient (Wildman–Crippen LogP) is 0.661. The highest BCUT2D eigenvalue weighted by Gasteiger charge is 2.00. The van der Waals surface area contributed by atoms with Crippen LogP contribution in [0.3, 0.4) is 0 Å². The zero-order valence-electron chi connectivity index (χ0n) is 6.70. The van der Waals surface area contributed by atoms with Crippen molar-refractivity contribution in [2.45, 2.75) is 13.0 Å². The van der Waals surface area contributed by atoms with Gasteiger partial charge < -0.3 is 14.6 Å². The van der Waals surface area contributed by atoms with Crippen LogP contribution in [-0.4, -0.2) is 24.9 Å². The molecule has 0 aliphatic carbocycles. The molecule has 62 valence electrons. The molecule has 0 aliphatic heterocycles. The number of rotatable bonds is 4. The predicted molar refractivity (Wildman–Crippen MR) is 40.5 cm³/mol. The Labute approximate surface area is 65.5 Å². The van der Waals surface area contributed by atoms with Crippen LogP contribution >= 0.6 is 0 Å². The fraction of sp³-hybridized carbons (Fsp3) is 0.571. The molecule has 1 N–H and O–H groups in total. The van der Waals surface area contributed by atoms with E-state index in [9.17, 15) is 0 Å². The van der Waals surface area contributed by atoms with Crippen molar-refractivity contribution < 1.29 is 9.26 Å². The van der Waals surface area contributed by atoms with Crippen LogP contribution in [0.25, 0.3) is 0 Å². The molecule has 4 nitrogen and oxygen atoms in total. The lowest BCUT2D eigenvalue weighted by Crippen LogP contribution is -2.27. The lowest BCUT2D eigenvalue weighted by Gasteiger charge is -2.09.